The molecule has 22 heavy (non-hydrogen) atoms. The molecular weight excluding hydrogens is 272 g/mol. The number of aryl methyl sites for hydroxylation is 1. The first-order valence-electron chi connectivity index (χ1n) is 8.87. The molecule has 3 rings (SSSR count). The van der Waals surface area contributed by atoms with Crippen LogP contribution in [-0.4, -0.2) is 25.5 Å². The summed E-state index contributed by atoms with van der Waals surface area (Å²) in [5, 5.41) is 3.10. The second-order valence-electron chi connectivity index (χ2n) is 7.18. The maximum atomic E-state index is 12.2. The molecule has 2 N–H and O–H groups in total. The molecule has 1 amide bonds. The second-order valence-corrected chi connectivity index (χ2v) is 7.18. The lowest BCUT2D eigenvalue weighted by atomic mass is 9.75. The van der Waals surface area contributed by atoms with E-state index in [1.54, 1.807) is 0 Å². The highest BCUT2D eigenvalue weighted by Gasteiger charge is 2.34. The summed E-state index contributed by atoms with van der Waals surface area (Å²) in [6, 6.07) is 8.27. The van der Waals surface area contributed by atoms with Gasteiger partial charge in [0.05, 0.1) is 13.1 Å². The molecule has 1 heterocycles. The number of hydrogen-bond acceptors (Lipinski definition) is 1. The highest BCUT2D eigenvalue weighted by atomic mass is 16.2. The average Bonchev–Trinajstić information content (AvgIpc) is 2.54. The van der Waals surface area contributed by atoms with Crippen LogP contribution >= 0.6 is 0 Å². The van der Waals surface area contributed by atoms with E-state index in [0.29, 0.717) is 13.1 Å². The Morgan fingerprint density at radius 2 is 1.95 bits per heavy atom. The summed E-state index contributed by atoms with van der Waals surface area (Å²) < 4.78 is 0. The van der Waals surface area contributed by atoms with E-state index in [1.165, 1.54) is 61.2 Å². The Morgan fingerprint density at radius 1 is 1.18 bits per heavy atom. The van der Waals surface area contributed by atoms with E-state index < -0.39 is 0 Å². The van der Waals surface area contributed by atoms with Gasteiger partial charge in [0.2, 0.25) is 0 Å². The largest absolute Gasteiger partial charge is 0.347 e. The topological polar surface area (TPSA) is 33.5 Å². The van der Waals surface area contributed by atoms with E-state index in [-0.39, 0.29) is 5.91 Å². The Morgan fingerprint density at radius 3 is 2.77 bits per heavy atom. The molecule has 0 spiro atoms. The summed E-state index contributed by atoms with van der Waals surface area (Å²) in [5.41, 5.74) is 2.47. The van der Waals surface area contributed by atoms with Crippen LogP contribution in [0.5, 0.6) is 0 Å². The fourth-order valence-electron chi connectivity index (χ4n) is 4.25. The molecule has 3 atom stereocenters. The Kier molecular flexibility index (Phi) is 5.14. The van der Waals surface area contributed by atoms with Gasteiger partial charge in [-0.05, 0) is 43.2 Å². The van der Waals surface area contributed by atoms with E-state index in [0.717, 1.165) is 11.8 Å². The number of benzene rings is 1. The summed E-state index contributed by atoms with van der Waals surface area (Å²) in [4.78, 5) is 13.7. The number of carbonyl (C=O) groups excluding carboxylic acids is 1. The molecule has 0 aromatic heterocycles. The maximum Gasteiger partial charge on any atom is 0.275 e. The number of amides is 1. The Hall–Kier alpha value is -1.35. The number of carbonyl (C=O) groups is 1. The van der Waals surface area contributed by atoms with Gasteiger partial charge in [-0.2, -0.15) is 0 Å². The summed E-state index contributed by atoms with van der Waals surface area (Å²) in [6.07, 6.45) is 6.96. The fraction of sp³-hybridized carbons (Fsp3) is 0.632. The number of likely N-dealkylation sites (tertiary alicyclic amines) is 1. The molecule has 1 aliphatic carbocycles. The quantitative estimate of drug-likeness (QED) is 0.872. The molecule has 1 aromatic rings. The molecular formula is C19H29N2O+. The third-order valence-corrected chi connectivity index (χ3v) is 5.63. The minimum absolute atomic E-state index is 0.201. The molecule has 3 nitrogen and oxygen atoms in total. The molecule has 1 unspecified atom stereocenters. The predicted molar refractivity (Wildman–Crippen MR) is 88.7 cm³/mol. The standard InChI is InChI=1S/C19H28N2O/c1-15-6-2-3-8-17(15)12-20-19(22)14-21-11-10-16-7-4-5-9-18(16)13-21/h2-3,6,8,16,18H,4-5,7,9-14H2,1H3,(H,20,22)/p+1/t16-,18-/m1/s1. The van der Waals surface area contributed by atoms with Crippen LogP contribution in [0.1, 0.15) is 43.2 Å². The SMILES string of the molecule is Cc1ccccc1CNC(=O)C[NH+]1CC[C@H]2CCCC[C@@H]2C1. The van der Waals surface area contributed by atoms with Gasteiger partial charge in [0, 0.05) is 12.5 Å². The van der Waals surface area contributed by atoms with Crippen molar-refractivity contribution in [3.8, 4) is 0 Å². The van der Waals surface area contributed by atoms with Gasteiger partial charge in [0.1, 0.15) is 0 Å². The molecule has 120 valence electrons. The zero-order valence-corrected chi connectivity index (χ0v) is 13.7. The van der Waals surface area contributed by atoms with Crippen LogP contribution in [0.3, 0.4) is 0 Å². The van der Waals surface area contributed by atoms with Crippen LogP contribution < -0.4 is 10.2 Å². The van der Waals surface area contributed by atoms with E-state index in [1.807, 2.05) is 12.1 Å². The highest BCUT2D eigenvalue weighted by Crippen LogP contribution is 2.32. The lowest BCUT2D eigenvalue weighted by molar-refractivity contribution is -0.902. The zero-order chi connectivity index (χ0) is 15.4. The molecule has 0 radical (unpaired) electrons. The first kappa shape index (κ1) is 15.5. The zero-order valence-electron chi connectivity index (χ0n) is 13.7. The number of piperidine rings is 1. The normalized spacial score (nSPS) is 28.0. The summed E-state index contributed by atoms with van der Waals surface area (Å²) in [5.74, 6) is 2.03. The number of nitrogens with one attached hydrogen (secondary N) is 2. The van der Waals surface area contributed by atoms with Gasteiger partial charge >= 0.3 is 0 Å². The number of quaternary nitrogens is 1. The monoisotopic (exact) mass is 301 g/mol. The first-order chi connectivity index (χ1) is 10.7. The molecule has 1 saturated heterocycles. The van der Waals surface area contributed by atoms with E-state index in [2.05, 4.69) is 24.4 Å². The summed E-state index contributed by atoms with van der Waals surface area (Å²) >= 11 is 0. The van der Waals surface area contributed by atoms with Crippen molar-refractivity contribution in [1.82, 2.24) is 5.32 Å². The van der Waals surface area contributed by atoms with E-state index in [4.69, 9.17) is 0 Å². The lowest BCUT2D eigenvalue weighted by Gasteiger charge is -2.38. The molecule has 1 aliphatic heterocycles. The van der Waals surface area contributed by atoms with Crippen molar-refractivity contribution in [3.63, 3.8) is 0 Å². The Bertz CT molecular complexity index is 514. The van der Waals surface area contributed by atoms with Gasteiger partial charge < -0.3 is 10.2 Å². The van der Waals surface area contributed by atoms with Crippen molar-refractivity contribution in [2.24, 2.45) is 11.8 Å². The van der Waals surface area contributed by atoms with Crippen molar-refractivity contribution < 1.29 is 9.69 Å². The van der Waals surface area contributed by atoms with Crippen LogP contribution in [0.25, 0.3) is 0 Å². The second kappa shape index (κ2) is 7.28. The van der Waals surface area contributed by atoms with Crippen LogP contribution in [0, 0.1) is 18.8 Å². The Balaban J connectivity index is 1.45. The molecule has 2 aliphatic rings. The van der Waals surface area contributed by atoms with Gasteiger partial charge in [0.25, 0.3) is 5.91 Å². The van der Waals surface area contributed by atoms with Gasteiger partial charge in [-0.25, -0.2) is 0 Å². The third-order valence-electron chi connectivity index (χ3n) is 5.63. The lowest BCUT2D eigenvalue weighted by Crippen LogP contribution is -3.15. The summed E-state index contributed by atoms with van der Waals surface area (Å²) in [6.45, 7) is 5.79. The van der Waals surface area contributed by atoms with E-state index >= 15 is 0 Å². The highest BCUT2D eigenvalue weighted by molar-refractivity contribution is 5.76. The van der Waals surface area contributed by atoms with Gasteiger partial charge in [-0.3, -0.25) is 4.79 Å². The van der Waals surface area contributed by atoms with Crippen molar-refractivity contribution in [2.45, 2.75) is 45.6 Å². The van der Waals surface area contributed by atoms with Crippen LogP contribution in [-0.2, 0) is 11.3 Å². The van der Waals surface area contributed by atoms with Crippen molar-refractivity contribution >= 4 is 5.91 Å². The maximum absolute atomic E-state index is 12.2. The van der Waals surface area contributed by atoms with Crippen LogP contribution in [0.15, 0.2) is 24.3 Å². The van der Waals surface area contributed by atoms with Crippen LogP contribution in [0.4, 0.5) is 0 Å². The molecule has 1 aromatic carbocycles. The average molecular weight is 301 g/mol. The first-order valence-corrected chi connectivity index (χ1v) is 8.87. The van der Waals surface area contributed by atoms with E-state index in [9.17, 15) is 4.79 Å². The minimum atomic E-state index is 0.201. The van der Waals surface area contributed by atoms with Gasteiger partial charge in [-0.1, -0.05) is 37.1 Å². The predicted octanol–water partition coefficient (Wildman–Crippen LogP) is 1.71. The molecule has 3 heteroatoms. The number of rotatable bonds is 4. The Labute approximate surface area is 134 Å². The molecule has 1 saturated carbocycles. The van der Waals surface area contributed by atoms with Gasteiger partial charge in [-0.15, -0.1) is 0 Å². The smallest absolute Gasteiger partial charge is 0.275 e. The van der Waals surface area contributed by atoms with Crippen LogP contribution in [0.2, 0.25) is 0 Å². The van der Waals surface area contributed by atoms with Gasteiger partial charge in [0.15, 0.2) is 6.54 Å². The third kappa shape index (κ3) is 3.89. The van der Waals surface area contributed by atoms with Crippen molar-refractivity contribution in [1.29, 1.82) is 0 Å². The molecule has 2 fully saturated rings. The minimum Gasteiger partial charge on any atom is -0.347 e. The summed E-state index contributed by atoms with van der Waals surface area (Å²) in [7, 11) is 0. The van der Waals surface area contributed by atoms with Crippen molar-refractivity contribution in [2.75, 3.05) is 19.6 Å². The number of fused-ring (bicyclic) bond motifs is 1. The van der Waals surface area contributed by atoms with Crippen molar-refractivity contribution in [3.05, 3.63) is 35.4 Å². The fourth-order valence-corrected chi connectivity index (χ4v) is 4.25. The number of hydrogen-bond donors (Lipinski definition) is 2. The molecule has 0 bridgehead atoms.